The molecule has 5 rings (SSSR count). The predicted octanol–water partition coefficient (Wildman–Crippen LogP) is 8.42. The summed E-state index contributed by atoms with van der Waals surface area (Å²) in [6, 6.07) is 23.7. The highest BCUT2D eigenvalue weighted by Gasteiger charge is 2.15. The summed E-state index contributed by atoms with van der Waals surface area (Å²) in [7, 11) is 0. The van der Waals surface area contributed by atoms with E-state index in [4.69, 9.17) is 0 Å². The second-order valence-corrected chi connectivity index (χ2v) is 8.93. The molecule has 0 saturated carbocycles. The number of aromatic nitrogens is 1. The summed E-state index contributed by atoms with van der Waals surface area (Å²) in [5.41, 5.74) is 8.63. The fraction of sp³-hybridized carbons (Fsp3) is 0.207. The minimum atomic E-state index is 0.542. The van der Waals surface area contributed by atoms with E-state index in [1.54, 1.807) is 0 Å². The fourth-order valence-corrected chi connectivity index (χ4v) is 3.52. The average molecular weight is 392 g/mol. The highest BCUT2D eigenvalue weighted by atomic mass is 15.0. The zero-order valence-electron chi connectivity index (χ0n) is 18.3. The van der Waals surface area contributed by atoms with Crippen LogP contribution in [0, 0.1) is 5.41 Å². The van der Waals surface area contributed by atoms with Gasteiger partial charge in [0.2, 0.25) is 0 Å². The number of hydrogen-bond acceptors (Lipinski definition) is 0. The van der Waals surface area contributed by atoms with Gasteiger partial charge in [0.25, 0.3) is 0 Å². The summed E-state index contributed by atoms with van der Waals surface area (Å²) < 4.78 is 2.33. The molecule has 0 aliphatic heterocycles. The van der Waals surface area contributed by atoms with E-state index < -0.39 is 0 Å². The number of para-hydroxylation sites is 1. The first-order valence-electron chi connectivity index (χ1n) is 10.7. The van der Waals surface area contributed by atoms with Crippen molar-refractivity contribution in [2.24, 2.45) is 5.41 Å². The van der Waals surface area contributed by atoms with Crippen LogP contribution in [0.25, 0.3) is 39.5 Å². The van der Waals surface area contributed by atoms with Crippen molar-refractivity contribution in [1.82, 2.24) is 4.57 Å². The second kappa shape index (κ2) is 8.22. The van der Waals surface area contributed by atoms with E-state index in [-0.39, 0.29) is 0 Å². The number of rotatable bonds is 1. The van der Waals surface area contributed by atoms with Gasteiger partial charge in [0.15, 0.2) is 0 Å². The summed E-state index contributed by atoms with van der Waals surface area (Å²) >= 11 is 0. The molecule has 0 radical (unpaired) electrons. The van der Waals surface area contributed by atoms with E-state index in [9.17, 15) is 0 Å². The molecule has 3 aromatic carbocycles. The van der Waals surface area contributed by atoms with Crippen LogP contribution < -0.4 is 0 Å². The van der Waals surface area contributed by atoms with Gasteiger partial charge in [-0.2, -0.15) is 0 Å². The van der Waals surface area contributed by atoms with Crippen LogP contribution in [0.4, 0.5) is 0 Å². The van der Waals surface area contributed by atoms with E-state index in [0.717, 1.165) is 0 Å². The Hall–Kier alpha value is -3.28. The number of benzene rings is 3. The first-order chi connectivity index (χ1) is 14.5. The van der Waals surface area contributed by atoms with Crippen LogP contribution in [0.1, 0.15) is 45.4 Å². The van der Waals surface area contributed by atoms with Gasteiger partial charge in [0.05, 0.1) is 11.2 Å². The SMILES string of the molecule is C1=CC=Cc2c(n(-c3ccc4ccccc4c3)c3ccccc23)C=1.CCC(C)(C)C. The normalized spacial score (nSPS) is 12.5. The third-order valence-electron chi connectivity index (χ3n) is 5.68. The van der Waals surface area contributed by atoms with Crippen LogP contribution in [0.3, 0.4) is 0 Å². The number of allylic oxidation sites excluding steroid dienone is 2. The minimum Gasteiger partial charge on any atom is -0.309 e. The monoisotopic (exact) mass is 391 g/mol. The van der Waals surface area contributed by atoms with E-state index in [1.807, 2.05) is 6.08 Å². The Labute approximate surface area is 179 Å². The molecule has 1 heteroatoms. The van der Waals surface area contributed by atoms with Crippen LogP contribution in [0.5, 0.6) is 0 Å². The standard InChI is InChI=1S/C23H15N.C6H14/c1-2-10-20-21-11-6-7-13-23(21)24(22(20)12-3-1)19-15-14-17-8-4-5-9-18(17)16-19;1-5-6(2,3)4/h1-2,4-16H;5H2,1-4H3. The average Bonchev–Trinajstić information content (AvgIpc) is 2.89. The van der Waals surface area contributed by atoms with Crippen molar-refractivity contribution in [1.29, 1.82) is 0 Å². The molecule has 0 fully saturated rings. The Morgan fingerprint density at radius 1 is 0.867 bits per heavy atom. The lowest BCUT2D eigenvalue weighted by Crippen LogP contribution is -2.00. The highest BCUT2D eigenvalue weighted by molar-refractivity contribution is 5.96. The van der Waals surface area contributed by atoms with Crippen molar-refractivity contribution in [2.45, 2.75) is 34.1 Å². The molecule has 0 bridgehead atoms. The van der Waals surface area contributed by atoms with Gasteiger partial charge in [-0.15, -0.1) is 5.73 Å². The Bertz CT molecular complexity index is 1290. The third kappa shape index (κ3) is 4.03. The minimum absolute atomic E-state index is 0.542. The van der Waals surface area contributed by atoms with Crippen molar-refractivity contribution in [3.63, 3.8) is 0 Å². The van der Waals surface area contributed by atoms with E-state index >= 15 is 0 Å². The largest absolute Gasteiger partial charge is 0.309 e. The molecule has 0 amide bonds. The van der Waals surface area contributed by atoms with Crippen LogP contribution in [-0.4, -0.2) is 4.57 Å². The number of fused-ring (bicyclic) bond motifs is 4. The molecular formula is C29H29N. The summed E-state index contributed by atoms with van der Waals surface area (Å²) in [5, 5.41) is 3.79. The smallest absolute Gasteiger partial charge is 0.0618 e. The zero-order valence-corrected chi connectivity index (χ0v) is 18.3. The van der Waals surface area contributed by atoms with Gasteiger partial charge in [-0.3, -0.25) is 0 Å². The van der Waals surface area contributed by atoms with Crippen molar-refractivity contribution >= 4 is 33.8 Å². The molecule has 1 aliphatic carbocycles. The first-order valence-corrected chi connectivity index (χ1v) is 10.7. The quantitative estimate of drug-likeness (QED) is 0.287. The lowest BCUT2D eigenvalue weighted by Gasteiger charge is -2.12. The molecule has 1 heterocycles. The Morgan fingerprint density at radius 2 is 1.57 bits per heavy atom. The third-order valence-corrected chi connectivity index (χ3v) is 5.68. The highest BCUT2D eigenvalue weighted by Crippen LogP contribution is 2.33. The van der Waals surface area contributed by atoms with Gasteiger partial charge in [0, 0.05) is 22.7 Å². The van der Waals surface area contributed by atoms with Crippen LogP contribution in [0.2, 0.25) is 0 Å². The lowest BCUT2D eigenvalue weighted by molar-refractivity contribution is 0.398. The van der Waals surface area contributed by atoms with Crippen LogP contribution >= 0.6 is 0 Å². The van der Waals surface area contributed by atoms with Gasteiger partial charge in [-0.25, -0.2) is 0 Å². The van der Waals surface area contributed by atoms with Crippen LogP contribution in [0.15, 0.2) is 84.6 Å². The maximum atomic E-state index is 3.25. The molecule has 0 saturated heterocycles. The molecule has 1 aliphatic rings. The van der Waals surface area contributed by atoms with Crippen molar-refractivity contribution < 1.29 is 0 Å². The van der Waals surface area contributed by atoms with E-state index in [0.29, 0.717) is 5.41 Å². The topological polar surface area (TPSA) is 4.93 Å². The van der Waals surface area contributed by atoms with Gasteiger partial charge in [-0.1, -0.05) is 94.8 Å². The molecule has 1 aromatic heterocycles. The summed E-state index contributed by atoms with van der Waals surface area (Å²) in [6.45, 7) is 8.94. The maximum absolute atomic E-state index is 3.25. The summed E-state index contributed by atoms with van der Waals surface area (Å²) in [5.74, 6) is 0. The summed E-state index contributed by atoms with van der Waals surface area (Å²) in [6.07, 6.45) is 9.53. The van der Waals surface area contributed by atoms with Gasteiger partial charge in [0.1, 0.15) is 0 Å². The van der Waals surface area contributed by atoms with E-state index in [1.165, 1.54) is 45.0 Å². The number of nitrogens with zero attached hydrogens (tertiary/aromatic N) is 1. The lowest BCUT2D eigenvalue weighted by atomic mass is 9.94. The van der Waals surface area contributed by atoms with E-state index in [2.05, 4.69) is 123 Å². The van der Waals surface area contributed by atoms with Gasteiger partial charge in [-0.05, 0) is 40.5 Å². The number of hydrogen-bond donors (Lipinski definition) is 0. The Kier molecular flexibility index (Phi) is 5.48. The van der Waals surface area contributed by atoms with Crippen molar-refractivity contribution in [2.75, 3.05) is 0 Å². The molecule has 30 heavy (non-hydrogen) atoms. The molecule has 150 valence electrons. The molecule has 0 spiro atoms. The molecule has 0 atom stereocenters. The molecule has 0 unspecified atom stereocenters. The second-order valence-electron chi connectivity index (χ2n) is 8.93. The molecule has 4 aromatic rings. The fourth-order valence-electron chi connectivity index (χ4n) is 3.52. The molecule has 0 N–H and O–H groups in total. The van der Waals surface area contributed by atoms with Crippen molar-refractivity contribution in [3.05, 3.63) is 95.9 Å². The van der Waals surface area contributed by atoms with Crippen LogP contribution in [-0.2, 0) is 0 Å². The van der Waals surface area contributed by atoms with Gasteiger partial charge < -0.3 is 4.57 Å². The molecular weight excluding hydrogens is 362 g/mol. The molecule has 1 nitrogen and oxygen atoms in total. The Morgan fingerprint density at radius 3 is 2.33 bits per heavy atom. The zero-order chi connectivity index (χ0) is 21.1. The van der Waals surface area contributed by atoms with Crippen molar-refractivity contribution in [3.8, 4) is 5.69 Å². The predicted molar refractivity (Wildman–Crippen MR) is 132 cm³/mol. The van der Waals surface area contributed by atoms with Gasteiger partial charge >= 0.3 is 0 Å². The Balaban J connectivity index is 0.000000322. The first kappa shape index (κ1) is 20.0. The summed E-state index contributed by atoms with van der Waals surface area (Å²) in [4.78, 5) is 0. The maximum Gasteiger partial charge on any atom is 0.0618 e.